The Labute approximate surface area is 174 Å². The number of anilines is 1. The van der Waals surface area contributed by atoms with E-state index in [2.05, 4.69) is 19.2 Å². The molecule has 2 rings (SSSR count). The highest BCUT2D eigenvalue weighted by Crippen LogP contribution is 2.18. The van der Waals surface area contributed by atoms with Gasteiger partial charge in [-0.2, -0.15) is 8.42 Å². The van der Waals surface area contributed by atoms with Crippen LogP contribution in [-0.4, -0.2) is 31.6 Å². The minimum absolute atomic E-state index is 0.0877. The van der Waals surface area contributed by atoms with Gasteiger partial charge in [-0.3, -0.25) is 0 Å². The highest BCUT2D eigenvalue weighted by Gasteiger charge is 2.16. The number of nitrogens with zero attached hydrogens (tertiary/aromatic N) is 1. The molecule has 0 saturated heterocycles. The minimum Gasteiger partial charge on any atom is -0.382 e. The third-order valence-corrected chi connectivity index (χ3v) is 5.66. The molecule has 0 aliphatic rings. The predicted octanol–water partition coefficient (Wildman–Crippen LogP) is 4.72. The Bertz CT molecular complexity index is 938. The van der Waals surface area contributed by atoms with Crippen LogP contribution in [0.1, 0.15) is 37.5 Å². The fourth-order valence-corrected chi connectivity index (χ4v) is 3.28. The van der Waals surface area contributed by atoms with Crippen molar-refractivity contribution >= 4 is 21.8 Å². The summed E-state index contributed by atoms with van der Waals surface area (Å²) in [6, 6.07) is 12.4. The standard InChI is InChI=1S/C22H30N2O4S/c1-6-29(26,27)28-21-11-8-19(9-12-21)15-24(14-16(2)3)22(25)23-20-10-7-17(4)18(5)13-20/h7-13,16H,6,14-15H2,1-5H3,(H,23,25). The third kappa shape index (κ3) is 7.09. The zero-order valence-electron chi connectivity index (χ0n) is 17.7. The highest BCUT2D eigenvalue weighted by atomic mass is 32.2. The molecule has 29 heavy (non-hydrogen) atoms. The van der Waals surface area contributed by atoms with E-state index in [9.17, 15) is 13.2 Å². The molecule has 0 radical (unpaired) electrons. The maximum atomic E-state index is 12.9. The highest BCUT2D eigenvalue weighted by molar-refractivity contribution is 7.87. The van der Waals surface area contributed by atoms with E-state index in [-0.39, 0.29) is 17.5 Å². The Morgan fingerprint density at radius 2 is 1.72 bits per heavy atom. The molecule has 0 unspecified atom stereocenters. The monoisotopic (exact) mass is 418 g/mol. The lowest BCUT2D eigenvalue weighted by Gasteiger charge is -2.25. The Balaban J connectivity index is 2.11. The van der Waals surface area contributed by atoms with Crippen LogP contribution in [0.5, 0.6) is 5.75 Å². The summed E-state index contributed by atoms with van der Waals surface area (Å²) < 4.78 is 28.2. The maximum Gasteiger partial charge on any atom is 0.322 e. The smallest absolute Gasteiger partial charge is 0.322 e. The Hall–Kier alpha value is -2.54. The molecule has 2 amide bonds. The molecule has 0 saturated carbocycles. The molecule has 0 aromatic heterocycles. The van der Waals surface area contributed by atoms with Crippen LogP contribution in [0.25, 0.3) is 0 Å². The second-order valence-corrected chi connectivity index (χ2v) is 9.44. The summed E-state index contributed by atoms with van der Waals surface area (Å²) in [5.41, 5.74) is 3.95. The van der Waals surface area contributed by atoms with Gasteiger partial charge in [0.1, 0.15) is 5.75 Å². The van der Waals surface area contributed by atoms with E-state index in [4.69, 9.17) is 4.18 Å². The molecule has 158 valence electrons. The van der Waals surface area contributed by atoms with E-state index in [0.29, 0.717) is 19.0 Å². The van der Waals surface area contributed by atoms with Crippen molar-refractivity contribution in [2.45, 2.75) is 41.2 Å². The van der Waals surface area contributed by atoms with Crippen LogP contribution >= 0.6 is 0 Å². The predicted molar refractivity (Wildman–Crippen MR) is 117 cm³/mol. The van der Waals surface area contributed by atoms with Crippen molar-refractivity contribution in [3.8, 4) is 5.75 Å². The second kappa shape index (κ2) is 9.78. The molecular weight excluding hydrogens is 388 g/mol. The topological polar surface area (TPSA) is 75.7 Å². The Morgan fingerprint density at radius 3 is 2.28 bits per heavy atom. The summed E-state index contributed by atoms with van der Waals surface area (Å²) in [6.07, 6.45) is 0. The molecule has 0 aliphatic heterocycles. The van der Waals surface area contributed by atoms with E-state index >= 15 is 0 Å². The van der Waals surface area contributed by atoms with Crippen LogP contribution in [0.4, 0.5) is 10.5 Å². The van der Waals surface area contributed by atoms with Gasteiger partial charge in [0, 0.05) is 18.8 Å². The van der Waals surface area contributed by atoms with Crippen LogP contribution in [0.3, 0.4) is 0 Å². The van der Waals surface area contributed by atoms with Crippen molar-refractivity contribution in [1.82, 2.24) is 4.90 Å². The van der Waals surface area contributed by atoms with Crippen molar-refractivity contribution in [2.75, 3.05) is 17.6 Å². The van der Waals surface area contributed by atoms with Crippen molar-refractivity contribution in [3.05, 3.63) is 59.2 Å². The van der Waals surface area contributed by atoms with Gasteiger partial charge < -0.3 is 14.4 Å². The number of carbonyl (C=O) groups is 1. The number of carbonyl (C=O) groups excluding carboxylic acids is 1. The van der Waals surface area contributed by atoms with E-state index in [0.717, 1.165) is 16.8 Å². The van der Waals surface area contributed by atoms with E-state index in [1.807, 2.05) is 32.0 Å². The summed E-state index contributed by atoms with van der Waals surface area (Å²) in [7, 11) is -3.55. The zero-order valence-corrected chi connectivity index (χ0v) is 18.5. The first-order chi connectivity index (χ1) is 13.6. The van der Waals surface area contributed by atoms with Gasteiger partial charge in [-0.1, -0.05) is 32.0 Å². The second-order valence-electron chi connectivity index (χ2n) is 7.58. The summed E-state index contributed by atoms with van der Waals surface area (Å²) >= 11 is 0. The first-order valence-electron chi connectivity index (χ1n) is 9.74. The lowest BCUT2D eigenvalue weighted by Crippen LogP contribution is -2.37. The van der Waals surface area contributed by atoms with Gasteiger partial charge >= 0.3 is 16.1 Å². The van der Waals surface area contributed by atoms with Crippen LogP contribution in [0.15, 0.2) is 42.5 Å². The first-order valence-corrected chi connectivity index (χ1v) is 11.3. The van der Waals surface area contributed by atoms with Gasteiger partial charge in [0.2, 0.25) is 0 Å². The Morgan fingerprint density at radius 1 is 1.07 bits per heavy atom. The molecule has 7 heteroatoms. The van der Waals surface area contributed by atoms with Crippen molar-refractivity contribution in [3.63, 3.8) is 0 Å². The summed E-state index contributed by atoms with van der Waals surface area (Å²) in [6.45, 7) is 10.7. The molecule has 0 heterocycles. The number of benzene rings is 2. The van der Waals surface area contributed by atoms with E-state index in [1.54, 1.807) is 29.2 Å². The normalized spacial score (nSPS) is 11.4. The number of rotatable bonds is 8. The molecule has 0 atom stereocenters. The van der Waals surface area contributed by atoms with Crippen LogP contribution in [0.2, 0.25) is 0 Å². The van der Waals surface area contributed by atoms with Crippen LogP contribution in [-0.2, 0) is 16.7 Å². The minimum atomic E-state index is -3.55. The molecule has 0 aliphatic carbocycles. The molecule has 0 bridgehead atoms. The number of aryl methyl sites for hydroxylation is 2. The fraction of sp³-hybridized carbons (Fsp3) is 0.409. The number of urea groups is 1. The van der Waals surface area contributed by atoms with Crippen LogP contribution < -0.4 is 9.50 Å². The molecule has 0 spiro atoms. The van der Waals surface area contributed by atoms with Gasteiger partial charge in [0.05, 0.1) is 5.75 Å². The number of hydrogen-bond donors (Lipinski definition) is 1. The summed E-state index contributed by atoms with van der Waals surface area (Å²) in [5, 5.41) is 2.97. The Kier molecular flexibility index (Phi) is 7.67. The lowest BCUT2D eigenvalue weighted by atomic mass is 10.1. The number of nitrogens with one attached hydrogen (secondary N) is 1. The van der Waals surface area contributed by atoms with Crippen LogP contribution in [0, 0.1) is 19.8 Å². The van der Waals surface area contributed by atoms with Gasteiger partial charge in [-0.25, -0.2) is 4.79 Å². The molecular formula is C22H30N2O4S. The van der Waals surface area contributed by atoms with Gasteiger partial charge in [-0.05, 0) is 67.6 Å². The average Bonchev–Trinajstić information content (AvgIpc) is 2.65. The van der Waals surface area contributed by atoms with Crippen molar-refractivity contribution in [2.24, 2.45) is 5.92 Å². The fourth-order valence-electron chi connectivity index (χ4n) is 2.76. The molecule has 0 fully saturated rings. The first kappa shape index (κ1) is 22.7. The maximum absolute atomic E-state index is 12.9. The van der Waals surface area contributed by atoms with Gasteiger partial charge in [0.25, 0.3) is 0 Å². The average molecular weight is 419 g/mol. The lowest BCUT2D eigenvalue weighted by molar-refractivity contribution is 0.201. The number of amides is 2. The van der Waals surface area contributed by atoms with E-state index in [1.165, 1.54) is 12.5 Å². The molecule has 6 nitrogen and oxygen atoms in total. The SMILES string of the molecule is CCS(=O)(=O)Oc1ccc(CN(CC(C)C)C(=O)Nc2ccc(C)c(C)c2)cc1. The van der Waals surface area contributed by atoms with E-state index < -0.39 is 10.1 Å². The quantitative estimate of drug-likeness (QED) is 0.629. The molecule has 1 N–H and O–H groups in total. The third-order valence-electron chi connectivity index (χ3n) is 4.50. The summed E-state index contributed by atoms with van der Waals surface area (Å²) in [5.74, 6) is 0.485. The zero-order chi connectivity index (χ0) is 21.6. The molecule has 2 aromatic rings. The van der Waals surface area contributed by atoms with Gasteiger partial charge in [0.15, 0.2) is 0 Å². The van der Waals surface area contributed by atoms with Gasteiger partial charge in [-0.15, -0.1) is 0 Å². The number of hydrogen-bond acceptors (Lipinski definition) is 4. The van der Waals surface area contributed by atoms with Crippen molar-refractivity contribution < 1.29 is 17.4 Å². The summed E-state index contributed by atoms with van der Waals surface area (Å²) in [4.78, 5) is 14.6. The largest absolute Gasteiger partial charge is 0.382 e. The molecule has 2 aromatic carbocycles. The van der Waals surface area contributed by atoms with Crippen molar-refractivity contribution in [1.29, 1.82) is 0 Å².